The van der Waals surface area contributed by atoms with Crippen LogP contribution in [0.3, 0.4) is 0 Å². The van der Waals surface area contributed by atoms with E-state index in [1.165, 1.54) is 7.11 Å². The molecule has 1 heterocycles. The van der Waals surface area contributed by atoms with Crippen LogP contribution in [-0.4, -0.2) is 30.7 Å². The number of amides is 2. The molecule has 0 unspecified atom stereocenters. The van der Waals surface area contributed by atoms with Crippen molar-refractivity contribution >= 4 is 23.7 Å². The monoisotopic (exact) mass is 461 g/mol. The van der Waals surface area contributed by atoms with Crippen LogP contribution in [0.4, 0.5) is 10.5 Å². The first-order chi connectivity index (χ1) is 16.0. The van der Waals surface area contributed by atoms with E-state index in [9.17, 15) is 24.9 Å². The van der Waals surface area contributed by atoms with E-state index in [-0.39, 0.29) is 16.8 Å². The molecule has 0 bridgehead atoms. The highest BCUT2D eigenvalue weighted by molar-refractivity contribution is 6.25. The lowest BCUT2D eigenvalue weighted by atomic mass is 9.59. The zero-order valence-electron chi connectivity index (χ0n) is 19.8. The van der Waals surface area contributed by atoms with Gasteiger partial charge >= 0.3 is 12.1 Å². The highest BCUT2D eigenvalue weighted by atomic mass is 16.6. The van der Waals surface area contributed by atoms with Gasteiger partial charge in [0, 0.05) is 5.92 Å². The molecule has 1 aliphatic heterocycles. The van der Waals surface area contributed by atoms with Gasteiger partial charge in [-0.3, -0.25) is 4.79 Å². The molecule has 0 aromatic heterocycles. The lowest BCUT2D eigenvalue weighted by Gasteiger charge is -2.40. The zero-order valence-corrected chi connectivity index (χ0v) is 19.8. The number of rotatable bonds is 3. The molecule has 176 valence electrons. The Morgan fingerprint density at radius 2 is 1.82 bits per heavy atom. The number of nitriles is 2. The molecule has 0 spiro atoms. The highest BCUT2D eigenvalue weighted by Gasteiger charge is 2.62. The molecule has 0 saturated heterocycles. The molecule has 3 rings (SSSR count). The summed E-state index contributed by atoms with van der Waals surface area (Å²) in [5.41, 5.74) is -1.71. The third-order valence-corrected chi connectivity index (χ3v) is 6.27. The van der Waals surface area contributed by atoms with Crippen molar-refractivity contribution in [3.63, 3.8) is 0 Å². The number of esters is 1. The van der Waals surface area contributed by atoms with E-state index in [4.69, 9.17) is 9.47 Å². The van der Waals surface area contributed by atoms with Crippen molar-refractivity contribution in [2.24, 2.45) is 5.92 Å². The molecule has 1 aromatic rings. The fourth-order valence-electron chi connectivity index (χ4n) is 4.97. The minimum atomic E-state index is -1.73. The van der Waals surface area contributed by atoms with Crippen LogP contribution < -0.4 is 4.90 Å². The average molecular weight is 462 g/mol. The smallest absolute Gasteiger partial charge is 0.421 e. The third-order valence-electron chi connectivity index (χ3n) is 6.27. The summed E-state index contributed by atoms with van der Waals surface area (Å²) in [4.78, 5) is 41.3. The van der Waals surface area contributed by atoms with Crippen LogP contribution in [0.2, 0.25) is 0 Å². The maximum Gasteiger partial charge on any atom is 0.421 e. The summed E-state index contributed by atoms with van der Waals surface area (Å²) in [6, 6.07) is 10.5. The number of carbonyl (C=O) groups is 3. The first-order valence-electron chi connectivity index (χ1n) is 11.0. The maximum absolute atomic E-state index is 14.3. The summed E-state index contributed by atoms with van der Waals surface area (Å²) in [7, 11) is 1.19. The minimum absolute atomic E-state index is 0.0947. The molecule has 2 aliphatic rings. The fraction of sp³-hybridized carbons (Fsp3) is 0.423. The van der Waals surface area contributed by atoms with Crippen LogP contribution in [0, 0.1) is 28.6 Å². The summed E-state index contributed by atoms with van der Waals surface area (Å²) in [6.45, 7) is 9.02. The van der Waals surface area contributed by atoms with Gasteiger partial charge in [-0.05, 0) is 57.2 Å². The SMILES string of the molecule is C=C(C(=O)OC)[C@@]1([C@@H]2CCCCC2=C(C#N)C#N)C(=O)N(C(=O)OC(C)(C)C)c2ccccc21. The molecule has 8 nitrogen and oxygen atoms in total. The van der Waals surface area contributed by atoms with Crippen molar-refractivity contribution in [3.8, 4) is 12.1 Å². The Hall–Kier alpha value is -3.91. The minimum Gasteiger partial charge on any atom is -0.466 e. The van der Waals surface area contributed by atoms with Crippen molar-refractivity contribution in [1.29, 1.82) is 10.5 Å². The number of allylic oxidation sites excluding steroid dienone is 2. The van der Waals surface area contributed by atoms with E-state index in [0.29, 0.717) is 30.4 Å². The molecule has 1 aliphatic carbocycles. The second-order valence-corrected chi connectivity index (χ2v) is 9.34. The predicted molar refractivity (Wildman–Crippen MR) is 123 cm³/mol. The number of ether oxygens (including phenoxy) is 2. The summed E-state index contributed by atoms with van der Waals surface area (Å²) in [6.07, 6.45) is 1.38. The van der Waals surface area contributed by atoms with Crippen LogP contribution in [0.5, 0.6) is 0 Å². The molecule has 1 saturated carbocycles. The summed E-state index contributed by atoms with van der Waals surface area (Å²) >= 11 is 0. The first-order valence-corrected chi connectivity index (χ1v) is 11.0. The van der Waals surface area contributed by atoms with Crippen LogP contribution >= 0.6 is 0 Å². The van der Waals surface area contributed by atoms with Gasteiger partial charge in [-0.2, -0.15) is 10.5 Å². The van der Waals surface area contributed by atoms with Gasteiger partial charge in [-0.25, -0.2) is 14.5 Å². The lowest BCUT2D eigenvalue weighted by Crippen LogP contribution is -2.52. The van der Waals surface area contributed by atoms with Crippen molar-refractivity contribution in [3.05, 3.63) is 53.1 Å². The van der Waals surface area contributed by atoms with E-state index >= 15 is 0 Å². The molecular formula is C26H27N3O5. The number of fused-ring (bicyclic) bond motifs is 1. The van der Waals surface area contributed by atoms with E-state index in [2.05, 4.69) is 6.58 Å². The number of benzene rings is 1. The molecule has 1 aromatic carbocycles. The average Bonchev–Trinajstić information content (AvgIpc) is 3.07. The van der Waals surface area contributed by atoms with Crippen molar-refractivity contribution in [1.82, 2.24) is 0 Å². The molecule has 34 heavy (non-hydrogen) atoms. The number of carbonyl (C=O) groups excluding carboxylic acids is 3. The number of methoxy groups -OCH3 is 1. The Bertz CT molecular complexity index is 1160. The summed E-state index contributed by atoms with van der Waals surface area (Å²) in [5, 5.41) is 19.3. The largest absolute Gasteiger partial charge is 0.466 e. The predicted octanol–water partition coefficient (Wildman–Crippen LogP) is 4.47. The molecular weight excluding hydrogens is 434 g/mol. The Balaban J connectivity index is 2.36. The zero-order chi connectivity index (χ0) is 25.3. The molecule has 0 N–H and O–H groups in total. The number of hydrogen-bond acceptors (Lipinski definition) is 7. The normalized spacial score (nSPS) is 21.7. The van der Waals surface area contributed by atoms with Crippen molar-refractivity contribution < 1.29 is 23.9 Å². The van der Waals surface area contributed by atoms with E-state index in [0.717, 1.165) is 11.3 Å². The Kier molecular flexibility index (Phi) is 6.65. The van der Waals surface area contributed by atoms with Crippen LogP contribution in [-0.2, 0) is 24.5 Å². The Morgan fingerprint density at radius 3 is 2.41 bits per heavy atom. The van der Waals surface area contributed by atoms with Gasteiger partial charge in [-0.15, -0.1) is 0 Å². The van der Waals surface area contributed by atoms with Crippen molar-refractivity contribution in [2.75, 3.05) is 12.0 Å². The topological polar surface area (TPSA) is 120 Å². The van der Waals surface area contributed by atoms with Crippen LogP contribution in [0.15, 0.2) is 47.6 Å². The van der Waals surface area contributed by atoms with Crippen LogP contribution in [0.25, 0.3) is 0 Å². The summed E-state index contributed by atoms with van der Waals surface area (Å²) < 4.78 is 10.5. The van der Waals surface area contributed by atoms with Gasteiger partial charge in [0.1, 0.15) is 28.7 Å². The number of hydrogen-bond donors (Lipinski definition) is 0. The quantitative estimate of drug-likeness (QED) is 0.370. The van der Waals surface area contributed by atoms with Gasteiger partial charge in [0.15, 0.2) is 0 Å². The van der Waals surface area contributed by atoms with Crippen LogP contribution in [0.1, 0.15) is 52.0 Å². The van der Waals surface area contributed by atoms with Gasteiger partial charge < -0.3 is 9.47 Å². The molecule has 8 heteroatoms. The maximum atomic E-state index is 14.3. The number of nitrogens with zero attached hydrogens (tertiary/aromatic N) is 3. The Morgan fingerprint density at radius 1 is 1.18 bits per heavy atom. The summed E-state index contributed by atoms with van der Waals surface area (Å²) in [5.74, 6) is -2.25. The molecule has 2 amide bonds. The molecule has 0 radical (unpaired) electrons. The molecule has 2 atom stereocenters. The number of anilines is 1. The number of para-hydroxylation sites is 1. The van der Waals surface area contributed by atoms with E-state index < -0.39 is 34.9 Å². The second-order valence-electron chi connectivity index (χ2n) is 9.34. The van der Waals surface area contributed by atoms with Gasteiger partial charge in [0.05, 0.1) is 18.4 Å². The van der Waals surface area contributed by atoms with Crippen molar-refractivity contribution in [2.45, 2.75) is 57.5 Å². The fourth-order valence-corrected chi connectivity index (χ4v) is 4.97. The van der Waals surface area contributed by atoms with E-state index in [1.54, 1.807) is 45.0 Å². The standard InChI is InChI=1S/C26H27N3O5/c1-16(22(30)33-5)26(19-11-7-6-10-18(19)17(14-27)15-28)20-12-8-9-13-21(20)29(23(26)31)24(32)34-25(2,3)4/h8-9,12-13,19H,1,6-7,10-11H2,2-5H3/t19-,26+/m1/s1. The first kappa shape index (κ1) is 24.7. The van der Waals surface area contributed by atoms with Gasteiger partial charge in [-0.1, -0.05) is 31.2 Å². The molecule has 1 fully saturated rings. The van der Waals surface area contributed by atoms with E-state index in [1.807, 2.05) is 12.1 Å². The third kappa shape index (κ3) is 3.86. The highest BCUT2D eigenvalue weighted by Crippen LogP contribution is 2.56. The Labute approximate surface area is 199 Å². The van der Waals surface area contributed by atoms with Gasteiger partial charge in [0.2, 0.25) is 0 Å². The number of imide groups is 1. The second kappa shape index (κ2) is 9.15. The lowest BCUT2D eigenvalue weighted by molar-refractivity contribution is -0.139. The van der Waals surface area contributed by atoms with Gasteiger partial charge in [0.25, 0.3) is 5.91 Å².